The van der Waals surface area contributed by atoms with Gasteiger partial charge in [-0.15, -0.1) is 0 Å². The van der Waals surface area contributed by atoms with Gasteiger partial charge >= 0.3 is 5.97 Å². The maximum absolute atomic E-state index is 13.7. The SMILES string of the molecule is COc1cc2c(cc1OC)[C@@]13CCN4CC5=CCO[C@H]6CC(=O)N2[C@H]1[C@H]6[C@H]5C(C)(OC(C)=O)[C@H]43. The Morgan fingerprint density at radius 1 is 1.21 bits per heavy atom. The van der Waals surface area contributed by atoms with E-state index >= 15 is 0 Å². The highest BCUT2D eigenvalue weighted by Crippen LogP contribution is 2.69. The lowest BCUT2D eigenvalue weighted by atomic mass is 9.48. The standard InChI is InChI=1S/C26H30N2O6/c1-13(29)34-25(2)22-14-5-8-33-19-11-20(30)28-16-10-18(32-4)17(31-3)9-15(16)26(23(28)21(19)22)6-7-27(12-14)24(25)26/h5,9-10,19,21-24H,6-8,11-12H2,1-4H3/t19-,21+,22-,23-,24-,25?,26-/m0/s1. The molecule has 1 saturated carbocycles. The third-order valence-corrected chi connectivity index (χ3v) is 9.52. The molecule has 1 aromatic carbocycles. The summed E-state index contributed by atoms with van der Waals surface area (Å²) in [6, 6.07) is 3.93. The Kier molecular flexibility index (Phi) is 4.00. The highest BCUT2D eigenvalue weighted by Gasteiger charge is 2.78. The summed E-state index contributed by atoms with van der Waals surface area (Å²) in [5, 5.41) is 0. The van der Waals surface area contributed by atoms with Crippen LogP contribution in [-0.2, 0) is 24.5 Å². The van der Waals surface area contributed by atoms with E-state index in [0.717, 1.165) is 30.8 Å². The number of piperidine rings is 2. The van der Waals surface area contributed by atoms with Crippen LogP contribution in [0, 0.1) is 11.8 Å². The molecule has 2 bridgehead atoms. The van der Waals surface area contributed by atoms with E-state index in [4.69, 9.17) is 18.9 Å². The normalized spacial score (nSPS) is 40.9. The predicted octanol–water partition coefficient (Wildman–Crippen LogP) is 2.04. The Morgan fingerprint density at radius 3 is 2.71 bits per heavy atom. The molecule has 5 heterocycles. The summed E-state index contributed by atoms with van der Waals surface area (Å²) in [5.41, 5.74) is 2.18. The fraction of sp³-hybridized carbons (Fsp3) is 0.615. The van der Waals surface area contributed by atoms with Gasteiger partial charge in [0.1, 0.15) is 5.60 Å². The number of methoxy groups -OCH3 is 2. The van der Waals surface area contributed by atoms with Crippen LogP contribution in [0.4, 0.5) is 5.69 Å². The summed E-state index contributed by atoms with van der Waals surface area (Å²) < 4.78 is 24.0. The third kappa shape index (κ3) is 2.18. The number of carbonyl (C=O) groups excluding carboxylic acids is 2. The van der Waals surface area contributed by atoms with Gasteiger partial charge < -0.3 is 23.8 Å². The summed E-state index contributed by atoms with van der Waals surface area (Å²) in [6.45, 7) is 5.85. The second kappa shape index (κ2) is 6.55. The van der Waals surface area contributed by atoms with Crippen molar-refractivity contribution in [3.05, 3.63) is 29.3 Å². The van der Waals surface area contributed by atoms with Crippen molar-refractivity contribution in [3.8, 4) is 11.5 Å². The van der Waals surface area contributed by atoms with Gasteiger partial charge in [-0.25, -0.2) is 0 Å². The Morgan fingerprint density at radius 2 is 1.97 bits per heavy atom. The first-order valence-electron chi connectivity index (χ1n) is 12.2. The first-order chi connectivity index (χ1) is 16.3. The fourth-order valence-electron chi connectivity index (χ4n) is 8.92. The molecule has 34 heavy (non-hydrogen) atoms. The van der Waals surface area contributed by atoms with Crippen LogP contribution in [0.2, 0.25) is 0 Å². The van der Waals surface area contributed by atoms with E-state index in [1.807, 2.05) is 11.0 Å². The minimum atomic E-state index is -0.722. The minimum Gasteiger partial charge on any atom is -0.493 e. The van der Waals surface area contributed by atoms with Gasteiger partial charge in [0.05, 0.1) is 51.1 Å². The lowest BCUT2D eigenvalue weighted by Crippen LogP contribution is -2.78. The largest absolute Gasteiger partial charge is 0.493 e. The summed E-state index contributed by atoms with van der Waals surface area (Å²) in [4.78, 5) is 30.7. The summed E-state index contributed by atoms with van der Waals surface area (Å²) in [5.74, 6) is 1.15. The molecule has 180 valence electrons. The lowest BCUT2D eigenvalue weighted by molar-refractivity contribution is -0.203. The number of amides is 1. The first-order valence-corrected chi connectivity index (χ1v) is 12.2. The Labute approximate surface area is 198 Å². The number of anilines is 1. The van der Waals surface area contributed by atoms with Gasteiger partial charge in [0.25, 0.3) is 0 Å². The maximum atomic E-state index is 13.7. The molecule has 0 aromatic heterocycles. The second-order valence-electron chi connectivity index (χ2n) is 10.8. The molecule has 5 aliphatic heterocycles. The number of nitrogens with zero attached hydrogens (tertiary/aromatic N) is 2. The smallest absolute Gasteiger partial charge is 0.303 e. The van der Waals surface area contributed by atoms with Gasteiger partial charge in [0.15, 0.2) is 11.5 Å². The number of fused-ring (bicyclic) bond motifs is 2. The molecule has 1 aromatic rings. The van der Waals surface area contributed by atoms with Crippen molar-refractivity contribution in [1.82, 2.24) is 4.90 Å². The van der Waals surface area contributed by atoms with Gasteiger partial charge in [-0.1, -0.05) is 11.6 Å². The van der Waals surface area contributed by atoms with Crippen LogP contribution in [0.25, 0.3) is 0 Å². The molecule has 0 radical (unpaired) electrons. The molecule has 1 aliphatic carbocycles. The molecule has 0 N–H and O–H groups in total. The summed E-state index contributed by atoms with van der Waals surface area (Å²) in [7, 11) is 3.26. The Hall–Kier alpha value is -2.58. The maximum Gasteiger partial charge on any atom is 0.303 e. The molecule has 3 saturated heterocycles. The van der Waals surface area contributed by atoms with Crippen LogP contribution < -0.4 is 14.4 Å². The van der Waals surface area contributed by atoms with Crippen molar-refractivity contribution in [2.75, 3.05) is 38.8 Å². The van der Waals surface area contributed by atoms with Crippen LogP contribution in [-0.4, -0.2) is 74.5 Å². The average Bonchev–Trinajstić information content (AvgIpc) is 3.25. The lowest BCUT2D eigenvalue weighted by Gasteiger charge is -2.65. The van der Waals surface area contributed by atoms with Gasteiger partial charge in [-0.05, 0) is 31.5 Å². The van der Waals surface area contributed by atoms with Crippen molar-refractivity contribution < 1.29 is 28.5 Å². The predicted molar refractivity (Wildman–Crippen MR) is 122 cm³/mol. The van der Waals surface area contributed by atoms with Crippen LogP contribution >= 0.6 is 0 Å². The topological polar surface area (TPSA) is 77.5 Å². The van der Waals surface area contributed by atoms with Crippen molar-refractivity contribution in [1.29, 1.82) is 0 Å². The monoisotopic (exact) mass is 466 g/mol. The number of ether oxygens (including phenoxy) is 4. The number of hydrogen-bond donors (Lipinski definition) is 0. The Balaban J connectivity index is 1.56. The molecular weight excluding hydrogens is 436 g/mol. The van der Waals surface area contributed by atoms with Crippen molar-refractivity contribution in [2.45, 2.75) is 55.9 Å². The van der Waals surface area contributed by atoms with Crippen LogP contribution in [0.5, 0.6) is 11.5 Å². The molecule has 6 aliphatic rings. The van der Waals surface area contributed by atoms with E-state index in [1.165, 1.54) is 12.5 Å². The third-order valence-electron chi connectivity index (χ3n) is 9.52. The van der Waals surface area contributed by atoms with Crippen LogP contribution in [0.15, 0.2) is 23.8 Å². The molecule has 8 nitrogen and oxygen atoms in total. The quantitative estimate of drug-likeness (QED) is 0.498. The highest BCUT2D eigenvalue weighted by molar-refractivity contribution is 6.00. The molecule has 1 amide bonds. The summed E-state index contributed by atoms with van der Waals surface area (Å²) >= 11 is 0. The molecule has 1 spiro atoms. The number of benzene rings is 1. The Bertz CT molecular complexity index is 1160. The van der Waals surface area contributed by atoms with E-state index in [-0.39, 0.29) is 47.3 Å². The van der Waals surface area contributed by atoms with Crippen molar-refractivity contribution in [3.63, 3.8) is 0 Å². The second-order valence-corrected chi connectivity index (χ2v) is 10.8. The average molecular weight is 467 g/mol. The number of esters is 1. The van der Waals surface area contributed by atoms with Crippen LogP contribution in [0.3, 0.4) is 0 Å². The molecular formula is C26H30N2O6. The molecule has 7 atom stereocenters. The van der Waals surface area contributed by atoms with Gasteiger partial charge in [0, 0.05) is 36.8 Å². The highest BCUT2D eigenvalue weighted by atomic mass is 16.6. The van der Waals surface area contributed by atoms with Gasteiger partial charge in [-0.2, -0.15) is 0 Å². The zero-order chi connectivity index (χ0) is 23.6. The van der Waals surface area contributed by atoms with Gasteiger partial charge in [-0.3, -0.25) is 14.5 Å². The molecule has 1 unspecified atom stereocenters. The van der Waals surface area contributed by atoms with Gasteiger partial charge in [0.2, 0.25) is 5.91 Å². The number of carbonyl (C=O) groups is 2. The first kappa shape index (κ1) is 20.8. The van der Waals surface area contributed by atoms with E-state index in [0.29, 0.717) is 24.5 Å². The van der Waals surface area contributed by atoms with E-state index < -0.39 is 5.60 Å². The molecule has 7 rings (SSSR count). The van der Waals surface area contributed by atoms with Crippen molar-refractivity contribution in [2.24, 2.45) is 11.8 Å². The van der Waals surface area contributed by atoms with Crippen LogP contribution in [0.1, 0.15) is 32.3 Å². The molecule has 4 fully saturated rings. The fourth-order valence-corrected chi connectivity index (χ4v) is 8.92. The molecule has 8 heteroatoms. The number of rotatable bonds is 3. The van der Waals surface area contributed by atoms with E-state index in [2.05, 4.69) is 24.0 Å². The van der Waals surface area contributed by atoms with E-state index in [1.54, 1.807) is 14.2 Å². The zero-order valence-electron chi connectivity index (χ0n) is 20.0. The zero-order valence-corrected chi connectivity index (χ0v) is 20.0. The van der Waals surface area contributed by atoms with Crippen molar-refractivity contribution >= 4 is 17.6 Å². The number of hydrogen-bond acceptors (Lipinski definition) is 7. The van der Waals surface area contributed by atoms with E-state index in [9.17, 15) is 9.59 Å². The summed E-state index contributed by atoms with van der Waals surface area (Å²) in [6.07, 6.45) is 3.18. The minimum absolute atomic E-state index is 0.00933.